The average molecular weight is 326 g/mol. The van der Waals surface area contributed by atoms with Gasteiger partial charge in [-0.05, 0) is 18.4 Å². The maximum Gasteiger partial charge on any atom is 0.323 e. The first-order valence-electron chi connectivity index (χ1n) is 8.34. The molecule has 6 heteroatoms. The lowest BCUT2D eigenvalue weighted by Gasteiger charge is -2.62. The third-order valence-corrected chi connectivity index (χ3v) is 5.40. The lowest BCUT2D eigenvalue weighted by atomic mass is 9.56. The number of carbonyl (C=O) groups excluding carboxylic acids is 1. The molecule has 24 heavy (non-hydrogen) atoms. The van der Waals surface area contributed by atoms with Gasteiger partial charge in [-0.25, -0.2) is 9.48 Å². The van der Waals surface area contributed by atoms with E-state index in [0.29, 0.717) is 11.7 Å². The largest absolute Gasteiger partial charge is 0.480 e. The van der Waals surface area contributed by atoms with Crippen molar-refractivity contribution in [2.24, 2.45) is 12.5 Å². The molecule has 2 amide bonds. The Bertz CT molecular complexity index is 752. The van der Waals surface area contributed by atoms with Crippen LogP contribution in [0.5, 0.6) is 5.88 Å². The Kier molecular flexibility index (Phi) is 3.48. The first-order valence-corrected chi connectivity index (χ1v) is 8.34. The maximum atomic E-state index is 12.8. The molecule has 6 nitrogen and oxygen atoms in total. The molecule has 1 spiro atoms. The second-order valence-electron chi connectivity index (χ2n) is 6.78. The molecule has 0 bridgehead atoms. The molecule has 2 heterocycles. The lowest BCUT2D eigenvalue weighted by molar-refractivity contribution is -0.0970. The fourth-order valence-electron chi connectivity index (χ4n) is 3.99. The summed E-state index contributed by atoms with van der Waals surface area (Å²) in [4.78, 5) is 14.7. The van der Waals surface area contributed by atoms with Gasteiger partial charge in [0.25, 0.3) is 0 Å². The number of carbonyl (C=O) groups is 1. The van der Waals surface area contributed by atoms with Gasteiger partial charge in [0.15, 0.2) is 0 Å². The molecule has 1 unspecified atom stereocenters. The summed E-state index contributed by atoms with van der Waals surface area (Å²) in [6.07, 6.45) is 3.67. The topological polar surface area (TPSA) is 59.4 Å². The van der Waals surface area contributed by atoms with Crippen LogP contribution in [0.3, 0.4) is 0 Å². The predicted molar refractivity (Wildman–Crippen MR) is 91.0 cm³/mol. The number of hydrogen-bond donors (Lipinski definition) is 1. The summed E-state index contributed by atoms with van der Waals surface area (Å²) in [5, 5.41) is 7.14. The number of anilines is 1. The van der Waals surface area contributed by atoms with Crippen LogP contribution >= 0.6 is 0 Å². The van der Waals surface area contributed by atoms with Gasteiger partial charge in [-0.15, -0.1) is 5.10 Å². The summed E-state index contributed by atoms with van der Waals surface area (Å²) in [6.45, 7) is 0.827. The van der Waals surface area contributed by atoms with E-state index in [4.69, 9.17) is 4.74 Å². The molecule has 4 rings (SSSR count). The van der Waals surface area contributed by atoms with Crippen molar-refractivity contribution in [1.82, 2.24) is 14.7 Å². The number of aryl methyl sites for hydroxylation is 1. The zero-order valence-corrected chi connectivity index (χ0v) is 14.0. The Labute approximate surface area is 141 Å². The second-order valence-corrected chi connectivity index (χ2v) is 6.78. The Morgan fingerprint density at radius 2 is 2.08 bits per heavy atom. The quantitative estimate of drug-likeness (QED) is 0.942. The molecule has 1 saturated carbocycles. The van der Waals surface area contributed by atoms with E-state index in [1.165, 1.54) is 24.8 Å². The summed E-state index contributed by atoms with van der Waals surface area (Å²) in [5.41, 5.74) is 1.50. The second kappa shape index (κ2) is 5.54. The average Bonchev–Trinajstić information content (AvgIpc) is 2.86. The summed E-state index contributed by atoms with van der Waals surface area (Å²) in [7, 11) is 3.35. The van der Waals surface area contributed by atoms with Crippen molar-refractivity contribution in [3.8, 4) is 5.88 Å². The van der Waals surface area contributed by atoms with E-state index in [1.54, 1.807) is 24.9 Å². The van der Waals surface area contributed by atoms with Crippen molar-refractivity contribution < 1.29 is 9.53 Å². The normalized spacial score (nSPS) is 21.1. The third-order valence-electron chi connectivity index (χ3n) is 5.40. The van der Waals surface area contributed by atoms with Crippen molar-refractivity contribution in [3.63, 3.8) is 0 Å². The van der Waals surface area contributed by atoms with E-state index in [9.17, 15) is 4.79 Å². The molecule has 1 aromatic heterocycles. The van der Waals surface area contributed by atoms with E-state index in [1.807, 2.05) is 23.1 Å². The smallest absolute Gasteiger partial charge is 0.323 e. The van der Waals surface area contributed by atoms with Gasteiger partial charge >= 0.3 is 6.03 Å². The van der Waals surface area contributed by atoms with Gasteiger partial charge in [0.2, 0.25) is 5.88 Å². The number of rotatable bonds is 3. The molecule has 2 aromatic rings. The van der Waals surface area contributed by atoms with Crippen molar-refractivity contribution in [3.05, 3.63) is 42.0 Å². The SMILES string of the molecule is COc1cc(NC(=O)N2CC3(CCC3)C2c2ccccc2)n(C)n1. The molecule has 1 atom stereocenters. The molecule has 126 valence electrons. The number of urea groups is 1. The van der Waals surface area contributed by atoms with E-state index >= 15 is 0 Å². The molecule has 0 radical (unpaired) electrons. The molecule has 1 aliphatic carbocycles. The highest BCUT2D eigenvalue weighted by Gasteiger charge is 2.57. The van der Waals surface area contributed by atoms with Gasteiger partial charge in [-0.3, -0.25) is 5.32 Å². The highest BCUT2D eigenvalue weighted by Crippen LogP contribution is 2.60. The van der Waals surface area contributed by atoms with Crippen molar-refractivity contribution in [1.29, 1.82) is 0 Å². The number of nitrogens with zero attached hydrogens (tertiary/aromatic N) is 3. The van der Waals surface area contributed by atoms with Crippen LogP contribution in [0.25, 0.3) is 0 Å². The van der Waals surface area contributed by atoms with Crippen molar-refractivity contribution >= 4 is 11.8 Å². The van der Waals surface area contributed by atoms with Crippen LogP contribution < -0.4 is 10.1 Å². The van der Waals surface area contributed by atoms with Gasteiger partial charge in [0.05, 0.1) is 13.2 Å². The van der Waals surface area contributed by atoms with Crippen molar-refractivity contribution in [2.45, 2.75) is 25.3 Å². The van der Waals surface area contributed by atoms with Crippen LogP contribution in [-0.4, -0.2) is 34.4 Å². The van der Waals surface area contributed by atoms with Crippen LogP contribution in [0.4, 0.5) is 10.6 Å². The number of aromatic nitrogens is 2. The molecular weight excluding hydrogens is 304 g/mol. The summed E-state index contributed by atoms with van der Waals surface area (Å²) in [5.74, 6) is 1.13. The van der Waals surface area contributed by atoms with E-state index in [-0.39, 0.29) is 17.5 Å². The van der Waals surface area contributed by atoms with Gasteiger partial charge in [-0.1, -0.05) is 36.8 Å². The third kappa shape index (κ3) is 2.25. The van der Waals surface area contributed by atoms with Gasteiger partial charge < -0.3 is 9.64 Å². The first kappa shape index (κ1) is 15.1. The van der Waals surface area contributed by atoms with Crippen molar-refractivity contribution in [2.75, 3.05) is 19.0 Å². The summed E-state index contributed by atoms with van der Waals surface area (Å²) >= 11 is 0. The number of nitrogens with one attached hydrogen (secondary N) is 1. The van der Waals surface area contributed by atoms with Crippen LogP contribution in [-0.2, 0) is 7.05 Å². The zero-order chi connectivity index (χ0) is 16.7. The predicted octanol–water partition coefficient (Wildman–Crippen LogP) is 3.19. The highest BCUT2D eigenvalue weighted by atomic mass is 16.5. The van der Waals surface area contributed by atoms with Gasteiger partial charge in [-0.2, -0.15) is 0 Å². The minimum absolute atomic E-state index is 0.0768. The lowest BCUT2D eigenvalue weighted by Crippen LogP contribution is -2.64. The van der Waals surface area contributed by atoms with Gasteiger partial charge in [0.1, 0.15) is 5.82 Å². The first-order chi connectivity index (χ1) is 11.6. The maximum absolute atomic E-state index is 12.8. The minimum atomic E-state index is -0.0768. The molecule has 1 saturated heterocycles. The molecule has 1 aliphatic heterocycles. The van der Waals surface area contributed by atoms with Crippen LogP contribution in [0, 0.1) is 5.41 Å². The van der Waals surface area contributed by atoms with Crippen LogP contribution in [0.1, 0.15) is 30.9 Å². The summed E-state index contributed by atoms with van der Waals surface area (Å²) in [6, 6.07) is 12.2. The Balaban J connectivity index is 1.54. The monoisotopic (exact) mass is 326 g/mol. The molecular formula is C18H22N4O2. The van der Waals surface area contributed by atoms with Gasteiger partial charge in [0, 0.05) is 25.1 Å². The Hall–Kier alpha value is -2.50. The number of hydrogen-bond acceptors (Lipinski definition) is 3. The fraction of sp³-hybridized carbons (Fsp3) is 0.444. The fourth-order valence-corrected chi connectivity index (χ4v) is 3.99. The molecule has 1 aromatic carbocycles. The van der Waals surface area contributed by atoms with E-state index in [2.05, 4.69) is 22.5 Å². The zero-order valence-electron chi connectivity index (χ0n) is 14.0. The minimum Gasteiger partial charge on any atom is -0.480 e. The summed E-state index contributed by atoms with van der Waals surface area (Å²) < 4.78 is 6.73. The van der Waals surface area contributed by atoms with Crippen LogP contribution in [0.15, 0.2) is 36.4 Å². The molecule has 1 N–H and O–H groups in total. The van der Waals surface area contributed by atoms with E-state index in [0.717, 1.165) is 6.54 Å². The Morgan fingerprint density at radius 3 is 2.67 bits per heavy atom. The Morgan fingerprint density at radius 1 is 1.33 bits per heavy atom. The number of benzene rings is 1. The highest BCUT2D eigenvalue weighted by molar-refractivity contribution is 5.89. The number of likely N-dealkylation sites (tertiary alicyclic amines) is 1. The standard InChI is InChI=1S/C18H22N4O2/c1-21-14(11-15(20-21)24-2)19-17(23)22-12-18(9-6-10-18)16(22)13-7-4-3-5-8-13/h3-5,7-8,11,16H,6,9-10,12H2,1-2H3,(H,19,23). The number of amides is 2. The molecule has 2 aliphatic rings. The number of ether oxygens (including phenoxy) is 1. The number of methoxy groups -OCH3 is 1. The van der Waals surface area contributed by atoms with E-state index < -0.39 is 0 Å². The van der Waals surface area contributed by atoms with Crippen LogP contribution in [0.2, 0.25) is 0 Å². The molecule has 2 fully saturated rings.